The van der Waals surface area contributed by atoms with E-state index < -0.39 is 0 Å². The SMILES string of the molecule is CCCCNC(=O)N1CCC(c2nc(C(=O)Nc3cccnc3-n3nc(C)cc3C)cs2)CC1. The fourth-order valence-corrected chi connectivity index (χ4v) is 5.06. The maximum absolute atomic E-state index is 13.0. The molecule has 0 saturated carbocycles. The second kappa shape index (κ2) is 10.8. The van der Waals surface area contributed by atoms with Crippen LogP contribution in [0.1, 0.15) is 65.4 Å². The summed E-state index contributed by atoms with van der Waals surface area (Å²) in [5.74, 6) is 0.558. The van der Waals surface area contributed by atoms with E-state index in [9.17, 15) is 9.59 Å². The van der Waals surface area contributed by atoms with Crippen LogP contribution in [-0.4, -0.2) is 56.2 Å². The Kier molecular flexibility index (Phi) is 7.56. The predicted molar refractivity (Wildman–Crippen MR) is 133 cm³/mol. The van der Waals surface area contributed by atoms with E-state index in [1.807, 2.05) is 30.9 Å². The number of urea groups is 1. The molecule has 0 radical (unpaired) electrons. The monoisotopic (exact) mass is 481 g/mol. The van der Waals surface area contributed by atoms with Crippen LogP contribution in [0.5, 0.6) is 0 Å². The fourth-order valence-electron chi connectivity index (χ4n) is 4.09. The third kappa shape index (κ3) is 5.44. The van der Waals surface area contributed by atoms with Crippen LogP contribution in [0.2, 0.25) is 0 Å². The van der Waals surface area contributed by atoms with Gasteiger partial charge in [-0.15, -0.1) is 11.3 Å². The van der Waals surface area contributed by atoms with Crippen LogP contribution < -0.4 is 10.6 Å². The first-order chi connectivity index (χ1) is 16.5. The highest BCUT2D eigenvalue weighted by molar-refractivity contribution is 7.10. The zero-order chi connectivity index (χ0) is 24.1. The summed E-state index contributed by atoms with van der Waals surface area (Å²) in [6, 6.07) is 5.57. The molecule has 180 valence electrons. The zero-order valence-corrected chi connectivity index (χ0v) is 20.7. The van der Waals surface area contributed by atoms with Crippen molar-refractivity contribution in [1.82, 2.24) is 30.0 Å². The van der Waals surface area contributed by atoms with Gasteiger partial charge < -0.3 is 15.5 Å². The number of pyridine rings is 1. The van der Waals surface area contributed by atoms with Gasteiger partial charge in [0.05, 0.1) is 16.4 Å². The summed E-state index contributed by atoms with van der Waals surface area (Å²) in [4.78, 5) is 36.2. The fraction of sp³-hybridized carbons (Fsp3) is 0.458. The van der Waals surface area contributed by atoms with Crippen LogP contribution in [0, 0.1) is 13.8 Å². The number of thiazole rings is 1. The number of unbranched alkanes of at least 4 members (excludes halogenated alkanes) is 1. The Bertz CT molecular complexity index is 1150. The molecule has 1 fully saturated rings. The van der Waals surface area contributed by atoms with Gasteiger partial charge in [0.15, 0.2) is 5.82 Å². The highest BCUT2D eigenvalue weighted by Crippen LogP contribution is 2.30. The molecule has 0 bridgehead atoms. The summed E-state index contributed by atoms with van der Waals surface area (Å²) in [6.45, 7) is 8.10. The van der Waals surface area contributed by atoms with Gasteiger partial charge in [-0.25, -0.2) is 19.4 Å². The Hall–Kier alpha value is -3.27. The number of rotatable bonds is 7. The van der Waals surface area contributed by atoms with Crippen LogP contribution in [0.15, 0.2) is 29.8 Å². The van der Waals surface area contributed by atoms with E-state index in [2.05, 4.69) is 32.6 Å². The Morgan fingerprint density at radius 1 is 1.24 bits per heavy atom. The third-order valence-electron chi connectivity index (χ3n) is 5.94. The van der Waals surface area contributed by atoms with Gasteiger partial charge in [-0.2, -0.15) is 5.10 Å². The standard InChI is InChI=1S/C24H31N7O2S/c1-4-5-10-26-24(33)30-12-8-18(9-13-30)23-28-20(15-34-23)22(32)27-19-7-6-11-25-21(19)31-17(3)14-16(2)29-31/h6-7,11,14-15,18H,4-5,8-10,12-13H2,1-3H3,(H,26,33)(H,27,32). The predicted octanol–water partition coefficient (Wildman–Crippen LogP) is 4.28. The molecule has 4 rings (SSSR count). The number of likely N-dealkylation sites (tertiary alicyclic amines) is 1. The van der Waals surface area contributed by atoms with E-state index in [1.165, 1.54) is 11.3 Å². The zero-order valence-electron chi connectivity index (χ0n) is 19.9. The number of amides is 3. The van der Waals surface area contributed by atoms with Crippen molar-refractivity contribution >= 4 is 29.0 Å². The average molecular weight is 482 g/mol. The van der Waals surface area contributed by atoms with Crippen LogP contribution >= 0.6 is 11.3 Å². The number of nitrogens with one attached hydrogen (secondary N) is 2. The number of hydrogen-bond acceptors (Lipinski definition) is 6. The normalized spacial score (nSPS) is 14.3. The lowest BCUT2D eigenvalue weighted by Gasteiger charge is -2.31. The second-order valence-electron chi connectivity index (χ2n) is 8.59. The van der Waals surface area contributed by atoms with E-state index in [0.29, 0.717) is 30.3 Å². The number of aromatic nitrogens is 4. The van der Waals surface area contributed by atoms with Gasteiger partial charge in [0.1, 0.15) is 5.69 Å². The summed E-state index contributed by atoms with van der Waals surface area (Å²) in [6.07, 6.45) is 5.43. The van der Waals surface area contributed by atoms with Crippen molar-refractivity contribution in [3.8, 4) is 5.82 Å². The molecule has 34 heavy (non-hydrogen) atoms. The molecule has 3 aromatic rings. The number of carbonyl (C=O) groups is 2. The minimum atomic E-state index is -0.272. The molecule has 1 saturated heterocycles. The molecule has 1 aliphatic heterocycles. The molecule has 9 nitrogen and oxygen atoms in total. The minimum absolute atomic E-state index is 0.0148. The summed E-state index contributed by atoms with van der Waals surface area (Å²) in [5, 5.41) is 13.2. The van der Waals surface area contributed by atoms with Gasteiger partial charge in [0.2, 0.25) is 0 Å². The number of aryl methyl sites for hydroxylation is 2. The molecule has 3 amide bonds. The molecular formula is C24H31N7O2S. The van der Waals surface area contributed by atoms with Gasteiger partial charge in [-0.1, -0.05) is 13.3 Å². The van der Waals surface area contributed by atoms with Crippen LogP contribution in [0.25, 0.3) is 5.82 Å². The van der Waals surface area contributed by atoms with Crippen LogP contribution in [0.4, 0.5) is 10.5 Å². The molecule has 0 spiro atoms. The first-order valence-corrected chi connectivity index (χ1v) is 12.6. The lowest BCUT2D eigenvalue weighted by atomic mass is 9.98. The topological polar surface area (TPSA) is 105 Å². The molecule has 0 unspecified atom stereocenters. The number of piperidine rings is 1. The van der Waals surface area contributed by atoms with Gasteiger partial charge >= 0.3 is 6.03 Å². The highest BCUT2D eigenvalue weighted by Gasteiger charge is 2.26. The van der Waals surface area contributed by atoms with Crippen molar-refractivity contribution in [3.63, 3.8) is 0 Å². The quantitative estimate of drug-likeness (QED) is 0.490. The summed E-state index contributed by atoms with van der Waals surface area (Å²) >= 11 is 1.50. The van der Waals surface area contributed by atoms with Crippen molar-refractivity contribution < 1.29 is 9.59 Å². The molecule has 0 aliphatic carbocycles. The van der Waals surface area contributed by atoms with Crippen LogP contribution in [-0.2, 0) is 0 Å². The van der Waals surface area contributed by atoms with Gasteiger partial charge in [0, 0.05) is 42.8 Å². The van der Waals surface area contributed by atoms with Crippen molar-refractivity contribution in [2.45, 2.75) is 52.4 Å². The van der Waals surface area contributed by atoms with Gasteiger partial charge in [-0.3, -0.25) is 4.79 Å². The number of anilines is 1. The van der Waals surface area contributed by atoms with Crippen LogP contribution in [0.3, 0.4) is 0 Å². The summed E-state index contributed by atoms with van der Waals surface area (Å²) in [5.41, 5.74) is 2.79. The van der Waals surface area contributed by atoms with E-state index in [4.69, 9.17) is 0 Å². The third-order valence-corrected chi connectivity index (χ3v) is 6.94. The first kappa shape index (κ1) is 23.9. The molecular weight excluding hydrogens is 450 g/mol. The molecule has 3 aromatic heterocycles. The lowest BCUT2D eigenvalue weighted by molar-refractivity contribution is 0.102. The smallest absolute Gasteiger partial charge is 0.317 e. The van der Waals surface area contributed by atoms with E-state index in [0.717, 1.165) is 48.6 Å². The average Bonchev–Trinajstić information content (AvgIpc) is 3.46. The Balaban J connectivity index is 1.38. The summed E-state index contributed by atoms with van der Waals surface area (Å²) in [7, 11) is 0. The molecule has 10 heteroatoms. The number of nitrogens with zero attached hydrogens (tertiary/aromatic N) is 5. The Morgan fingerprint density at radius 3 is 2.74 bits per heavy atom. The first-order valence-electron chi connectivity index (χ1n) is 11.7. The maximum atomic E-state index is 13.0. The number of hydrogen-bond donors (Lipinski definition) is 2. The van der Waals surface area contributed by atoms with Gasteiger partial charge in [-0.05, 0) is 51.3 Å². The van der Waals surface area contributed by atoms with E-state index >= 15 is 0 Å². The molecule has 4 heterocycles. The molecule has 2 N–H and O–H groups in total. The second-order valence-corrected chi connectivity index (χ2v) is 9.48. The molecule has 0 aromatic carbocycles. The lowest BCUT2D eigenvalue weighted by Crippen LogP contribution is -2.44. The summed E-state index contributed by atoms with van der Waals surface area (Å²) < 4.78 is 1.73. The van der Waals surface area contributed by atoms with Crippen molar-refractivity contribution in [2.24, 2.45) is 0 Å². The minimum Gasteiger partial charge on any atom is -0.338 e. The maximum Gasteiger partial charge on any atom is 0.317 e. The van der Waals surface area contributed by atoms with Crippen molar-refractivity contribution in [2.75, 3.05) is 25.0 Å². The van der Waals surface area contributed by atoms with Gasteiger partial charge in [0.25, 0.3) is 5.91 Å². The van der Waals surface area contributed by atoms with E-state index in [-0.39, 0.29) is 17.9 Å². The van der Waals surface area contributed by atoms with Crippen molar-refractivity contribution in [1.29, 1.82) is 0 Å². The highest BCUT2D eigenvalue weighted by atomic mass is 32.1. The largest absolute Gasteiger partial charge is 0.338 e. The molecule has 0 atom stereocenters. The molecule has 1 aliphatic rings. The van der Waals surface area contributed by atoms with Crippen molar-refractivity contribution in [3.05, 3.63) is 51.9 Å². The Labute approximate surface area is 203 Å². The number of carbonyl (C=O) groups excluding carboxylic acids is 2. The van der Waals surface area contributed by atoms with E-state index in [1.54, 1.807) is 22.3 Å². The Morgan fingerprint density at radius 2 is 2.03 bits per heavy atom.